The summed E-state index contributed by atoms with van der Waals surface area (Å²) in [7, 11) is 0.825. The highest BCUT2D eigenvalue weighted by atomic mass is 32.2. The topological polar surface area (TPSA) is 39.1 Å². The van der Waals surface area contributed by atoms with Gasteiger partial charge in [-0.2, -0.15) is 0 Å². The van der Waals surface area contributed by atoms with Gasteiger partial charge in [-0.3, -0.25) is 9.00 Å². The molecule has 2 rings (SSSR count). The van der Waals surface area contributed by atoms with E-state index in [1.54, 1.807) is 6.26 Å². The highest BCUT2D eigenvalue weighted by Crippen LogP contribution is 2.21. The number of hydrogen-bond acceptors (Lipinski definition) is 3. The van der Waals surface area contributed by atoms with E-state index in [0.717, 1.165) is 15.5 Å². The summed E-state index contributed by atoms with van der Waals surface area (Å²) in [6.07, 6.45) is 5.42. The Balaban J connectivity index is 2.37. The molecule has 0 amide bonds. The third-order valence-electron chi connectivity index (χ3n) is 3.46. The molecule has 22 heavy (non-hydrogen) atoms. The minimum absolute atomic E-state index is 0.00882. The van der Waals surface area contributed by atoms with Crippen molar-refractivity contribution >= 4 is 34.4 Å². The van der Waals surface area contributed by atoms with Gasteiger partial charge >= 0.3 is 0 Å². The fourth-order valence-corrected chi connectivity index (χ4v) is 3.60. The second kappa shape index (κ2) is 7.11. The summed E-state index contributed by atoms with van der Waals surface area (Å²) < 4.78 is 14.3. The van der Waals surface area contributed by atoms with Crippen LogP contribution in [0, 0.1) is 6.92 Å². The summed E-state index contributed by atoms with van der Waals surface area (Å²) in [4.78, 5) is 12.6. The van der Waals surface area contributed by atoms with Gasteiger partial charge in [0.25, 0.3) is 0 Å². The molecule has 0 unspecified atom stereocenters. The summed E-state index contributed by atoms with van der Waals surface area (Å²) >= 11 is 1.46. The second-order valence-corrected chi connectivity index (χ2v) is 7.47. The van der Waals surface area contributed by atoms with Gasteiger partial charge in [0.2, 0.25) is 5.78 Å². The first-order chi connectivity index (χ1) is 10.4. The van der Waals surface area contributed by atoms with Gasteiger partial charge in [-0.25, -0.2) is 0 Å². The van der Waals surface area contributed by atoms with Crippen molar-refractivity contribution in [1.82, 2.24) is 4.57 Å². The predicted octanol–water partition coefficient (Wildman–Crippen LogP) is 3.60. The van der Waals surface area contributed by atoms with E-state index in [2.05, 4.69) is 0 Å². The van der Waals surface area contributed by atoms with Crippen molar-refractivity contribution < 1.29 is 9.00 Å². The zero-order valence-electron chi connectivity index (χ0n) is 13.1. The van der Waals surface area contributed by atoms with Gasteiger partial charge < -0.3 is 4.57 Å². The van der Waals surface area contributed by atoms with E-state index < -0.39 is 10.8 Å². The lowest BCUT2D eigenvalue weighted by Crippen LogP contribution is -2.08. The molecule has 1 aromatic heterocycles. The van der Waals surface area contributed by atoms with E-state index in [9.17, 15) is 9.00 Å². The van der Waals surface area contributed by atoms with Crippen LogP contribution in [0.2, 0.25) is 0 Å². The minimum atomic E-state index is -1.03. The maximum absolute atomic E-state index is 12.6. The molecule has 0 aliphatic rings. The maximum atomic E-state index is 12.6. The smallest absolute Gasteiger partial charge is 0.209 e. The average molecular weight is 333 g/mol. The van der Waals surface area contributed by atoms with E-state index >= 15 is 0 Å². The Kier molecular flexibility index (Phi) is 5.42. The zero-order valence-corrected chi connectivity index (χ0v) is 14.8. The Labute approximate surface area is 137 Å². The highest BCUT2D eigenvalue weighted by molar-refractivity contribution is 8.16. The SMILES string of the molecule is CS/C(=C/c1ccc(C(=O)c2ccc(C)cc2)n1C)[S@](C)=O. The van der Waals surface area contributed by atoms with Crippen LogP contribution >= 0.6 is 11.8 Å². The van der Waals surface area contributed by atoms with Gasteiger partial charge in [0, 0.05) is 24.6 Å². The van der Waals surface area contributed by atoms with E-state index in [-0.39, 0.29) is 5.78 Å². The number of thioether (sulfide) groups is 1. The molecule has 0 spiro atoms. The third-order valence-corrected chi connectivity index (χ3v) is 5.87. The van der Waals surface area contributed by atoms with Crippen LogP contribution in [-0.4, -0.2) is 27.1 Å². The van der Waals surface area contributed by atoms with Crippen molar-refractivity contribution in [3.8, 4) is 0 Å². The lowest BCUT2D eigenvalue weighted by molar-refractivity contribution is 0.103. The Morgan fingerprint density at radius 3 is 2.36 bits per heavy atom. The van der Waals surface area contributed by atoms with Crippen molar-refractivity contribution in [3.63, 3.8) is 0 Å². The number of ketones is 1. The number of aryl methyl sites for hydroxylation is 1. The van der Waals surface area contributed by atoms with Crippen LogP contribution in [0.5, 0.6) is 0 Å². The molecule has 1 heterocycles. The summed E-state index contributed by atoms with van der Waals surface area (Å²) in [5.74, 6) is -0.00882. The van der Waals surface area contributed by atoms with Crippen LogP contribution in [0.25, 0.3) is 6.08 Å². The van der Waals surface area contributed by atoms with E-state index in [0.29, 0.717) is 11.3 Å². The minimum Gasteiger partial charge on any atom is -0.341 e. The first kappa shape index (κ1) is 16.8. The number of hydrogen-bond donors (Lipinski definition) is 0. The molecule has 1 aromatic carbocycles. The third kappa shape index (κ3) is 3.59. The standard InChI is InChI=1S/C17H19NO2S2/c1-12-5-7-13(8-6-12)17(19)15-10-9-14(18(15)2)11-16(21-3)22(4)20/h5-11H,1-4H3/b16-11-/t22-/m0/s1. The molecule has 5 heteroatoms. The number of rotatable bonds is 5. The number of carbonyl (C=O) groups is 1. The molecule has 0 aliphatic carbocycles. The van der Waals surface area contributed by atoms with Crippen molar-refractivity contribution in [1.29, 1.82) is 0 Å². The van der Waals surface area contributed by atoms with Gasteiger partial charge in [0.1, 0.15) is 0 Å². The van der Waals surface area contributed by atoms with Crippen LogP contribution < -0.4 is 0 Å². The van der Waals surface area contributed by atoms with Gasteiger partial charge in [0.15, 0.2) is 0 Å². The number of carbonyl (C=O) groups excluding carboxylic acids is 1. The summed E-state index contributed by atoms with van der Waals surface area (Å²) in [6, 6.07) is 11.2. The molecule has 0 radical (unpaired) electrons. The summed E-state index contributed by atoms with van der Waals surface area (Å²) in [6.45, 7) is 1.99. The second-order valence-electron chi connectivity index (χ2n) is 5.02. The van der Waals surface area contributed by atoms with E-state index in [4.69, 9.17) is 0 Å². The van der Waals surface area contributed by atoms with Gasteiger partial charge in [-0.1, -0.05) is 29.8 Å². The van der Waals surface area contributed by atoms with Crippen molar-refractivity contribution in [2.24, 2.45) is 7.05 Å². The molecular formula is C17H19NO2S2. The van der Waals surface area contributed by atoms with Gasteiger partial charge in [-0.15, -0.1) is 11.8 Å². The monoisotopic (exact) mass is 333 g/mol. The molecule has 116 valence electrons. The quantitative estimate of drug-likeness (QED) is 0.785. The molecule has 0 fully saturated rings. The molecule has 0 saturated heterocycles. The zero-order chi connectivity index (χ0) is 16.3. The fourth-order valence-electron chi connectivity index (χ4n) is 2.13. The Morgan fingerprint density at radius 2 is 1.82 bits per heavy atom. The van der Waals surface area contributed by atoms with Crippen molar-refractivity contribution in [3.05, 3.63) is 63.2 Å². The van der Waals surface area contributed by atoms with Crippen LogP contribution in [0.15, 0.2) is 40.6 Å². The number of benzene rings is 1. The molecule has 2 aromatic rings. The normalized spacial score (nSPS) is 13.2. The van der Waals surface area contributed by atoms with Crippen molar-refractivity contribution in [2.75, 3.05) is 12.5 Å². The van der Waals surface area contributed by atoms with E-state index in [1.165, 1.54) is 11.8 Å². The Hall–Kier alpha value is -1.59. The summed E-state index contributed by atoms with van der Waals surface area (Å²) in [5, 5.41) is 0. The van der Waals surface area contributed by atoms with Gasteiger partial charge in [-0.05, 0) is 31.4 Å². The average Bonchev–Trinajstić information content (AvgIpc) is 2.85. The molecule has 1 atom stereocenters. The fraction of sp³-hybridized carbons (Fsp3) is 0.235. The highest BCUT2D eigenvalue weighted by Gasteiger charge is 2.14. The van der Waals surface area contributed by atoms with Gasteiger partial charge in [0.05, 0.1) is 20.7 Å². The van der Waals surface area contributed by atoms with Crippen molar-refractivity contribution in [2.45, 2.75) is 6.92 Å². The molecule has 3 nitrogen and oxygen atoms in total. The molecule has 0 bridgehead atoms. The van der Waals surface area contributed by atoms with E-state index in [1.807, 2.05) is 67.3 Å². The molecule has 0 aliphatic heterocycles. The van der Waals surface area contributed by atoms with Crippen LogP contribution in [0.3, 0.4) is 0 Å². The Morgan fingerprint density at radius 1 is 1.18 bits per heavy atom. The first-order valence-electron chi connectivity index (χ1n) is 6.80. The molecular weight excluding hydrogens is 314 g/mol. The predicted molar refractivity (Wildman–Crippen MR) is 95.6 cm³/mol. The lowest BCUT2D eigenvalue weighted by atomic mass is 10.1. The number of aromatic nitrogens is 1. The van der Waals surface area contributed by atoms with Crippen LogP contribution in [-0.2, 0) is 17.8 Å². The van der Waals surface area contributed by atoms with Crippen LogP contribution in [0.1, 0.15) is 27.3 Å². The first-order valence-corrected chi connectivity index (χ1v) is 9.58. The van der Waals surface area contributed by atoms with Crippen LogP contribution in [0.4, 0.5) is 0 Å². The summed E-state index contributed by atoms with van der Waals surface area (Å²) in [5.41, 5.74) is 3.29. The maximum Gasteiger partial charge on any atom is 0.209 e. The Bertz CT molecular complexity index is 743. The number of nitrogens with zero attached hydrogens (tertiary/aromatic N) is 1. The molecule has 0 N–H and O–H groups in total. The molecule has 0 saturated carbocycles. The lowest BCUT2D eigenvalue weighted by Gasteiger charge is -2.06. The largest absolute Gasteiger partial charge is 0.341 e.